The molecule has 1 saturated carbocycles. The molecule has 10 heavy (non-hydrogen) atoms. The smallest absolute Gasteiger partial charge is 0.0594 e. The Hall–Kier alpha value is -0.0800. The van der Waals surface area contributed by atoms with Crippen LogP contribution in [0.2, 0.25) is 0 Å². The largest absolute Gasteiger partial charge is 0.379 e. The van der Waals surface area contributed by atoms with Gasteiger partial charge in [-0.2, -0.15) is 0 Å². The lowest BCUT2D eigenvalue weighted by atomic mass is 10.5. The van der Waals surface area contributed by atoms with Gasteiger partial charge in [0, 0.05) is 13.1 Å². The van der Waals surface area contributed by atoms with Crippen LogP contribution in [-0.2, 0) is 4.74 Å². The number of likely N-dealkylation sites (N-methyl/N-ethyl adjacent to an activating group) is 1. The van der Waals surface area contributed by atoms with E-state index in [2.05, 4.69) is 11.9 Å². The standard InChI is InChI=1S/C5H11NO.C3H6/c1-6-2-4-7-5-3-6;1-2-3-1/h2-5H2,1H3;1-3H2. The second kappa shape index (κ2) is 4.69. The minimum absolute atomic E-state index is 0.913. The van der Waals surface area contributed by atoms with Gasteiger partial charge in [0.25, 0.3) is 0 Å². The molecule has 2 heteroatoms. The topological polar surface area (TPSA) is 12.5 Å². The Kier molecular flexibility index (Phi) is 3.76. The van der Waals surface area contributed by atoms with Crippen molar-refractivity contribution in [2.24, 2.45) is 0 Å². The molecule has 0 spiro atoms. The minimum Gasteiger partial charge on any atom is -0.379 e. The quantitative estimate of drug-likeness (QED) is 0.504. The van der Waals surface area contributed by atoms with E-state index in [0.29, 0.717) is 0 Å². The number of nitrogens with zero attached hydrogens (tertiary/aromatic N) is 1. The first-order valence-corrected chi connectivity index (χ1v) is 4.16. The van der Waals surface area contributed by atoms with E-state index in [1.54, 1.807) is 0 Å². The molecule has 1 aliphatic heterocycles. The van der Waals surface area contributed by atoms with Gasteiger partial charge in [0.2, 0.25) is 0 Å². The Labute approximate surface area is 63.2 Å². The molecule has 0 aromatic heterocycles. The first-order valence-electron chi connectivity index (χ1n) is 4.16. The highest BCUT2D eigenvalue weighted by molar-refractivity contribution is 4.53. The molecule has 0 N–H and O–H groups in total. The lowest BCUT2D eigenvalue weighted by Crippen LogP contribution is -2.32. The molecule has 0 radical (unpaired) electrons. The number of hydrogen-bond donors (Lipinski definition) is 0. The molecule has 0 unspecified atom stereocenters. The summed E-state index contributed by atoms with van der Waals surface area (Å²) in [4.78, 5) is 2.27. The van der Waals surface area contributed by atoms with Crippen LogP contribution in [0.25, 0.3) is 0 Å². The summed E-state index contributed by atoms with van der Waals surface area (Å²) in [5, 5.41) is 0. The normalized spacial score (nSPS) is 24.9. The highest BCUT2D eigenvalue weighted by atomic mass is 16.5. The fraction of sp³-hybridized carbons (Fsp3) is 1.00. The van der Waals surface area contributed by atoms with E-state index in [9.17, 15) is 0 Å². The van der Waals surface area contributed by atoms with E-state index in [4.69, 9.17) is 4.74 Å². The highest BCUT2D eigenvalue weighted by Crippen LogP contribution is 2.14. The second-order valence-corrected chi connectivity index (χ2v) is 2.98. The molecule has 2 fully saturated rings. The number of ether oxygens (including phenoxy) is 1. The fourth-order valence-corrected chi connectivity index (χ4v) is 0.655. The molecule has 0 atom stereocenters. The maximum Gasteiger partial charge on any atom is 0.0594 e. The summed E-state index contributed by atoms with van der Waals surface area (Å²) in [5.74, 6) is 0. The van der Waals surface area contributed by atoms with Crippen molar-refractivity contribution in [2.75, 3.05) is 33.4 Å². The van der Waals surface area contributed by atoms with Crippen LogP contribution in [-0.4, -0.2) is 38.3 Å². The van der Waals surface area contributed by atoms with Gasteiger partial charge in [0.05, 0.1) is 13.2 Å². The van der Waals surface area contributed by atoms with Crippen molar-refractivity contribution in [3.63, 3.8) is 0 Å². The van der Waals surface area contributed by atoms with Gasteiger partial charge < -0.3 is 9.64 Å². The Balaban J connectivity index is 0.000000138. The van der Waals surface area contributed by atoms with Crippen molar-refractivity contribution in [1.29, 1.82) is 0 Å². The van der Waals surface area contributed by atoms with Crippen LogP contribution in [0.5, 0.6) is 0 Å². The third-order valence-electron chi connectivity index (χ3n) is 1.59. The monoisotopic (exact) mass is 143 g/mol. The van der Waals surface area contributed by atoms with Crippen molar-refractivity contribution < 1.29 is 4.74 Å². The number of rotatable bonds is 0. The summed E-state index contributed by atoms with van der Waals surface area (Å²) in [6, 6.07) is 0. The Morgan fingerprint density at radius 1 is 1.00 bits per heavy atom. The first-order chi connectivity index (χ1) is 4.89. The van der Waals surface area contributed by atoms with Crippen LogP contribution < -0.4 is 0 Å². The van der Waals surface area contributed by atoms with E-state index < -0.39 is 0 Å². The van der Waals surface area contributed by atoms with Crippen molar-refractivity contribution >= 4 is 0 Å². The zero-order valence-corrected chi connectivity index (χ0v) is 6.81. The molecule has 0 aromatic carbocycles. The van der Waals surface area contributed by atoms with Gasteiger partial charge in [-0.15, -0.1) is 0 Å². The molecule has 2 aliphatic rings. The molecule has 60 valence electrons. The van der Waals surface area contributed by atoms with E-state index in [1.165, 1.54) is 19.3 Å². The predicted molar refractivity (Wildman–Crippen MR) is 42.2 cm³/mol. The summed E-state index contributed by atoms with van der Waals surface area (Å²) in [6.45, 7) is 4.02. The lowest BCUT2D eigenvalue weighted by molar-refractivity contribution is 0.0503. The highest BCUT2D eigenvalue weighted by Gasteiger charge is 2.02. The van der Waals surface area contributed by atoms with Crippen LogP contribution in [0.1, 0.15) is 19.3 Å². The third-order valence-corrected chi connectivity index (χ3v) is 1.59. The fourth-order valence-electron chi connectivity index (χ4n) is 0.655. The average molecular weight is 143 g/mol. The van der Waals surface area contributed by atoms with Gasteiger partial charge in [0.15, 0.2) is 0 Å². The van der Waals surface area contributed by atoms with Crippen molar-refractivity contribution in [1.82, 2.24) is 4.90 Å². The van der Waals surface area contributed by atoms with Gasteiger partial charge in [-0.05, 0) is 7.05 Å². The van der Waals surface area contributed by atoms with Crippen molar-refractivity contribution in [3.8, 4) is 0 Å². The van der Waals surface area contributed by atoms with E-state index in [1.807, 2.05) is 0 Å². The molecule has 1 saturated heterocycles. The van der Waals surface area contributed by atoms with Gasteiger partial charge >= 0.3 is 0 Å². The van der Waals surface area contributed by atoms with Crippen molar-refractivity contribution in [2.45, 2.75) is 19.3 Å². The van der Waals surface area contributed by atoms with Gasteiger partial charge in [-0.3, -0.25) is 0 Å². The minimum atomic E-state index is 0.913. The van der Waals surface area contributed by atoms with Gasteiger partial charge in [0.1, 0.15) is 0 Å². The molecule has 1 aliphatic carbocycles. The number of morpholine rings is 1. The van der Waals surface area contributed by atoms with E-state index in [0.717, 1.165) is 26.3 Å². The van der Waals surface area contributed by atoms with Crippen LogP contribution in [0.3, 0.4) is 0 Å². The summed E-state index contributed by atoms with van der Waals surface area (Å²) < 4.78 is 5.10. The average Bonchev–Trinajstić information content (AvgIpc) is 2.73. The molecule has 2 rings (SSSR count). The molecule has 0 aromatic rings. The van der Waals surface area contributed by atoms with Crippen LogP contribution in [0.4, 0.5) is 0 Å². The molecular weight excluding hydrogens is 126 g/mol. The Morgan fingerprint density at radius 2 is 1.50 bits per heavy atom. The molecule has 2 nitrogen and oxygen atoms in total. The van der Waals surface area contributed by atoms with Crippen LogP contribution >= 0.6 is 0 Å². The summed E-state index contributed by atoms with van der Waals surface area (Å²) in [5.41, 5.74) is 0. The summed E-state index contributed by atoms with van der Waals surface area (Å²) in [6.07, 6.45) is 4.50. The first kappa shape index (κ1) is 8.02. The van der Waals surface area contributed by atoms with E-state index in [-0.39, 0.29) is 0 Å². The maximum atomic E-state index is 5.10. The second-order valence-electron chi connectivity index (χ2n) is 2.98. The van der Waals surface area contributed by atoms with Gasteiger partial charge in [-0.25, -0.2) is 0 Å². The lowest BCUT2D eigenvalue weighted by Gasteiger charge is -2.21. The Morgan fingerprint density at radius 3 is 1.70 bits per heavy atom. The molecule has 0 bridgehead atoms. The van der Waals surface area contributed by atoms with Crippen LogP contribution in [0, 0.1) is 0 Å². The zero-order valence-electron chi connectivity index (χ0n) is 6.81. The van der Waals surface area contributed by atoms with E-state index >= 15 is 0 Å². The SMILES string of the molecule is C1CC1.CN1CCOCC1. The zero-order chi connectivity index (χ0) is 7.23. The summed E-state index contributed by atoms with van der Waals surface area (Å²) in [7, 11) is 2.11. The summed E-state index contributed by atoms with van der Waals surface area (Å²) >= 11 is 0. The molecule has 1 heterocycles. The molecule has 0 amide bonds. The number of hydrogen-bond acceptors (Lipinski definition) is 2. The predicted octanol–water partition coefficient (Wildman–Crippen LogP) is 1.12. The molecular formula is C8H17NO. The third kappa shape index (κ3) is 4.77. The van der Waals surface area contributed by atoms with Crippen molar-refractivity contribution in [3.05, 3.63) is 0 Å². The maximum absolute atomic E-state index is 5.10. The Bertz CT molecular complexity index is 74.6. The van der Waals surface area contributed by atoms with Crippen LogP contribution in [0.15, 0.2) is 0 Å². The van der Waals surface area contributed by atoms with Gasteiger partial charge in [-0.1, -0.05) is 19.3 Å².